The third kappa shape index (κ3) is 2.67. The quantitative estimate of drug-likeness (QED) is 0.571. The molecule has 0 spiro atoms. The van der Waals surface area contributed by atoms with Gasteiger partial charge in [0.2, 0.25) is 0 Å². The van der Waals surface area contributed by atoms with Crippen LogP contribution in [0.3, 0.4) is 0 Å². The average Bonchev–Trinajstić information content (AvgIpc) is 2.41. The van der Waals surface area contributed by atoms with E-state index in [4.69, 9.17) is 5.73 Å². The number of unbranched alkanes of at least 4 members (excludes halogenated alkanes) is 1. The van der Waals surface area contributed by atoms with Crippen LogP contribution in [0.25, 0.3) is 0 Å². The van der Waals surface area contributed by atoms with Crippen molar-refractivity contribution in [2.24, 2.45) is 5.73 Å². The predicted octanol–water partition coefficient (Wildman–Crippen LogP) is 0.867. The van der Waals surface area contributed by atoms with Gasteiger partial charge >= 0.3 is 0 Å². The summed E-state index contributed by atoms with van der Waals surface area (Å²) in [5.41, 5.74) is 5.39. The smallest absolute Gasteiger partial charge is 0.00675 e. The normalized spacial score (nSPS) is 25.5. The van der Waals surface area contributed by atoms with Gasteiger partial charge in [-0.2, -0.15) is 0 Å². The molecule has 2 nitrogen and oxygen atoms in total. The van der Waals surface area contributed by atoms with Crippen molar-refractivity contribution in [3.63, 3.8) is 0 Å². The molecule has 0 aromatic heterocycles. The summed E-state index contributed by atoms with van der Waals surface area (Å²) in [7, 11) is 0. The fraction of sp³-hybridized carbons (Fsp3) is 1.00. The SMILES string of the molecule is NCCCCC1CCCN1. The molecular weight excluding hydrogens is 124 g/mol. The van der Waals surface area contributed by atoms with Gasteiger partial charge < -0.3 is 11.1 Å². The molecule has 0 bridgehead atoms. The molecule has 0 aliphatic carbocycles. The molecule has 1 aliphatic heterocycles. The molecule has 1 unspecified atom stereocenters. The summed E-state index contributed by atoms with van der Waals surface area (Å²) in [6, 6.07) is 0.812. The molecule has 1 heterocycles. The van der Waals surface area contributed by atoms with Crippen LogP contribution in [0.5, 0.6) is 0 Å². The summed E-state index contributed by atoms with van der Waals surface area (Å²) in [6.07, 6.45) is 6.57. The van der Waals surface area contributed by atoms with Crippen LogP contribution in [0, 0.1) is 0 Å². The Morgan fingerprint density at radius 3 is 2.90 bits per heavy atom. The molecule has 0 aromatic carbocycles. The van der Waals surface area contributed by atoms with Crippen LogP contribution in [0.15, 0.2) is 0 Å². The molecule has 2 heteroatoms. The molecular formula is C8H18N2. The minimum atomic E-state index is 0.812. The van der Waals surface area contributed by atoms with Gasteiger partial charge in [0.15, 0.2) is 0 Å². The Labute approximate surface area is 63.2 Å². The van der Waals surface area contributed by atoms with Crippen LogP contribution >= 0.6 is 0 Å². The first-order valence-electron chi connectivity index (χ1n) is 4.37. The van der Waals surface area contributed by atoms with Crippen molar-refractivity contribution in [3.05, 3.63) is 0 Å². The highest BCUT2D eigenvalue weighted by molar-refractivity contribution is 4.73. The summed E-state index contributed by atoms with van der Waals surface area (Å²) in [5.74, 6) is 0. The molecule has 3 N–H and O–H groups in total. The fourth-order valence-electron chi connectivity index (χ4n) is 1.54. The lowest BCUT2D eigenvalue weighted by atomic mass is 10.1. The van der Waals surface area contributed by atoms with Gasteiger partial charge in [-0.3, -0.25) is 0 Å². The summed E-state index contributed by atoms with van der Waals surface area (Å²) < 4.78 is 0. The van der Waals surface area contributed by atoms with Crippen molar-refractivity contribution >= 4 is 0 Å². The van der Waals surface area contributed by atoms with Gasteiger partial charge in [0.1, 0.15) is 0 Å². The van der Waals surface area contributed by atoms with Crippen molar-refractivity contribution in [1.29, 1.82) is 0 Å². The maximum Gasteiger partial charge on any atom is 0.00675 e. The zero-order chi connectivity index (χ0) is 7.23. The van der Waals surface area contributed by atoms with E-state index in [1.807, 2.05) is 0 Å². The van der Waals surface area contributed by atoms with Crippen LogP contribution < -0.4 is 11.1 Å². The Morgan fingerprint density at radius 2 is 2.30 bits per heavy atom. The lowest BCUT2D eigenvalue weighted by Crippen LogP contribution is -2.21. The van der Waals surface area contributed by atoms with E-state index in [9.17, 15) is 0 Å². The van der Waals surface area contributed by atoms with E-state index in [1.165, 1.54) is 38.6 Å². The first kappa shape index (κ1) is 8.02. The lowest BCUT2D eigenvalue weighted by Gasteiger charge is -2.07. The molecule has 60 valence electrons. The first-order valence-corrected chi connectivity index (χ1v) is 4.37. The monoisotopic (exact) mass is 142 g/mol. The Kier molecular flexibility index (Phi) is 3.76. The predicted molar refractivity (Wildman–Crippen MR) is 43.9 cm³/mol. The Balaban J connectivity index is 1.91. The third-order valence-electron chi connectivity index (χ3n) is 2.17. The second-order valence-corrected chi connectivity index (χ2v) is 3.08. The molecule has 1 saturated heterocycles. The average molecular weight is 142 g/mol. The largest absolute Gasteiger partial charge is 0.330 e. The topological polar surface area (TPSA) is 38.0 Å². The van der Waals surface area contributed by atoms with E-state index in [1.54, 1.807) is 0 Å². The van der Waals surface area contributed by atoms with Gasteiger partial charge in [0.25, 0.3) is 0 Å². The minimum absolute atomic E-state index is 0.812. The van der Waals surface area contributed by atoms with Gasteiger partial charge in [-0.1, -0.05) is 6.42 Å². The van der Waals surface area contributed by atoms with Crippen molar-refractivity contribution < 1.29 is 0 Å². The molecule has 0 aromatic rings. The molecule has 1 rings (SSSR count). The molecule has 0 saturated carbocycles. The van der Waals surface area contributed by atoms with Crippen LogP contribution in [-0.4, -0.2) is 19.1 Å². The standard InChI is InChI=1S/C8H18N2/c9-6-2-1-4-8-5-3-7-10-8/h8,10H,1-7,9H2. The number of rotatable bonds is 4. The summed E-state index contributed by atoms with van der Waals surface area (Å²) in [5, 5.41) is 3.47. The van der Waals surface area contributed by atoms with Crippen molar-refractivity contribution in [3.8, 4) is 0 Å². The van der Waals surface area contributed by atoms with E-state index in [2.05, 4.69) is 5.32 Å². The maximum absolute atomic E-state index is 5.39. The Bertz CT molecular complexity index is 77.3. The zero-order valence-electron chi connectivity index (χ0n) is 6.60. The Hall–Kier alpha value is -0.0800. The summed E-state index contributed by atoms with van der Waals surface area (Å²) in [6.45, 7) is 2.08. The lowest BCUT2D eigenvalue weighted by molar-refractivity contribution is 0.525. The van der Waals surface area contributed by atoms with Gasteiger partial charge in [-0.05, 0) is 38.8 Å². The van der Waals surface area contributed by atoms with Gasteiger partial charge in [-0.25, -0.2) is 0 Å². The van der Waals surface area contributed by atoms with Gasteiger partial charge in [0, 0.05) is 6.04 Å². The van der Waals surface area contributed by atoms with E-state index in [0.717, 1.165) is 12.6 Å². The number of hydrogen-bond acceptors (Lipinski definition) is 2. The second kappa shape index (κ2) is 4.69. The van der Waals surface area contributed by atoms with E-state index in [-0.39, 0.29) is 0 Å². The van der Waals surface area contributed by atoms with Crippen molar-refractivity contribution in [1.82, 2.24) is 5.32 Å². The van der Waals surface area contributed by atoms with E-state index < -0.39 is 0 Å². The number of nitrogens with two attached hydrogens (primary N) is 1. The van der Waals surface area contributed by atoms with E-state index >= 15 is 0 Å². The Morgan fingerprint density at radius 1 is 1.40 bits per heavy atom. The van der Waals surface area contributed by atoms with Gasteiger partial charge in [0.05, 0.1) is 0 Å². The third-order valence-corrected chi connectivity index (χ3v) is 2.17. The minimum Gasteiger partial charge on any atom is -0.330 e. The fourth-order valence-corrected chi connectivity index (χ4v) is 1.54. The molecule has 10 heavy (non-hydrogen) atoms. The number of hydrogen-bond donors (Lipinski definition) is 2. The highest BCUT2D eigenvalue weighted by Crippen LogP contribution is 2.11. The van der Waals surface area contributed by atoms with Crippen LogP contribution in [0.2, 0.25) is 0 Å². The summed E-state index contributed by atoms with van der Waals surface area (Å²) in [4.78, 5) is 0. The molecule has 0 amide bonds. The van der Waals surface area contributed by atoms with Crippen LogP contribution in [0.4, 0.5) is 0 Å². The van der Waals surface area contributed by atoms with Gasteiger partial charge in [-0.15, -0.1) is 0 Å². The number of nitrogens with one attached hydrogen (secondary N) is 1. The van der Waals surface area contributed by atoms with Crippen LogP contribution in [0.1, 0.15) is 32.1 Å². The molecule has 0 radical (unpaired) electrons. The highest BCUT2D eigenvalue weighted by atomic mass is 14.9. The second-order valence-electron chi connectivity index (χ2n) is 3.08. The highest BCUT2D eigenvalue weighted by Gasteiger charge is 2.12. The van der Waals surface area contributed by atoms with Crippen molar-refractivity contribution in [2.75, 3.05) is 13.1 Å². The van der Waals surface area contributed by atoms with Crippen molar-refractivity contribution in [2.45, 2.75) is 38.1 Å². The van der Waals surface area contributed by atoms with E-state index in [0.29, 0.717) is 0 Å². The molecule has 1 aliphatic rings. The molecule has 1 atom stereocenters. The first-order chi connectivity index (χ1) is 4.93. The van der Waals surface area contributed by atoms with Crippen LogP contribution in [-0.2, 0) is 0 Å². The maximum atomic E-state index is 5.39. The zero-order valence-corrected chi connectivity index (χ0v) is 6.60. The summed E-state index contributed by atoms with van der Waals surface area (Å²) >= 11 is 0. The molecule has 1 fully saturated rings.